The average Bonchev–Trinajstić information content (AvgIpc) is 2.28. The SMILES string of the molecule is CC(CNS(=O)(=O)c1cc(Cl)ccc1N)C(C)(C)C. The van der Waals surface area contributed by atoms with E-state index in [1.54, 1.807) is 6.07 Å². The van der Waals surface area contributed by atoms with Crippen molar-refractivity contribution in [1.82, 2.24) is 4.72 Å². The number of halogens is 1. The van der Waals surface area contributed by atoms with Gasteiger partial charge in [-0.1, -0.05) is 39.3 Å². The summed E-state index contributed by atoms with van der Waals surface area (Å²) in [5.41, 5.74) is 5.91. The normalized spacial score (nSPS) is 14.4. The molecule has 3 N–H and O–H groups in total. The fraction of sp³-hybridized carbons (Fsp3) is 0.538. The average molecular weight is 305 g/mol. The van der Waals surface area contributed by atoms with E-state index < -0.39 is 10.0 Å². The van der Waals surface area contributed by atoms with Crippen molar-refractivity contribution in [2.24, 2.45) is 11.3 Å². The zero-order valence-corrected chi connectivity index (χ0v) is 13.3. The first-order valence-corrected chi connectivity index (χ1v) is 7.95. The van der Waals surface area contributed by atoms with Crippen LogP contribution in [-0.2, 0) is 10.0 Å². The molecule has 1 aromatic rings. The van der Waals surface area contributed by atoms with Crippen LogP contribution in [0.2, 0.25) is 5.02 Å². The van der Waals surface area contributed by atoms with E-state index in [-0.39, 0.29) is 21.9 Å². The van der Waals surface area contributed by atoms with Gasteiger partial charge in [-0.3, -0.25) is 0 Å². The van der Waals surface area contributed by atoms with Crippen LogP contribution in [0.15, 0.2) is 23.1 Å². The number of hydrogen-bond acceptors (Lipinski definition) is 3. The first kappa shape index (κ1) is 16.3. The Hall–Kier alpha value is -0.780. The molecule has 108 valence electrons. The summed E-state index contributed by atoms with van der Waals surface area (Å²) in [6, 6.07) is 4.42. The Morgan fingerprint density at radius 2 is 1.95 bits per heavy atom. The molecule has 0 spiro atoms. The molecule has 0 heterocycles. The molecule has 0 radical (unpaired) electrons. The van der Waals surface area contributed by atoms with Gasteiger partial charge in [0.1, 0.15) is 4.90 Å². The minimum Gasteiger partial charge on any atom is -0.398 e. The Labute approximate surface area is 120 Å². The molecule has 0 aromatic heterocycles. The molecular formula is C13H21ClN2O2S. The summed E-state index contributed by atoms with van der Waals surface area (Å²) in [7, 11) is -3.63. The third-order valence-electron chi connectivity index (χ3n) is 3.32. The van der Waals surface area contributed by atoms with Crippen LogP contribution in [0.25, 0.3) is 0 Å². The van der Waals surface area contributed by atoms with E-state index in [1.807, 2.05) is 6.92 Å². The second-order valence-electron chi connectivity index (χ2n) is 5.80. The van der Waals surface area contributed by atoms with Crippen LogP contribution in [-0.4, -0.2) is 15.0 Å². The summed E-state index contributed by atoms with van der Waals surface area (Å²) in [6.45, 7) is 8.57. The molecule has 6 heteroatoms. The molecule has 1 aromatic carbocycles. The van der Waals surface area contributed by atoms with Crippen molar-refractivity contribution in [2.45, 2.75) is 32.6 Å². The van der Waals surface area contributed by atoms with Gasteiger partial charge in [-0.05, 0) is 29.5 Å². The molecule has 4 nitrogen and oxygen atoms in total. The van der Waals surface area contributed by atoms with Crippen LogP contribution in [0.3, 0.4) is 0 Å². The fourth-order valence-corrected chi connectivity index (χ4v) is 2.88. The summed E-state index contributed by atoms with van der Waals surface area (Å²) < 4.78 is 27.0. The molecule has 1 unspecified atom stereocenters. The molecule has 1 atom stereocenters. The molecule has 1 rings (SSSR count). The number of anilines is 1. The molecule has 0 fully saturated rings. The Balaban J connectivity index is 2.91. The topological polar surface area (TPSA) is 72.2 Å². The lowest BCUT2D eigenvalue weighted by atomic mass is 9.82. The highest BCUT2D eigenvalue weighted by Gasteiger charge is 2.24. The standard InChI is InChI=1S/C13H21ClN2O2S/c1-9(13(2,3)4)8-16-19(17,18)12-7-10(14)5-6-11(12)15/h5-7,9,16H,8,15H2,1-4H3. The van der Waals surface area contributed by atoms with E-state index in [9.17, 15) is 8.42 Å². The molecule has 19 heavy (non-hydrogen) atoms. The summed E-state index contributed by atoms with van der Waals surface area (Å²) in [6.07, 6.45) is 0. The van der Waals surface area contributed by atoms with Crippen LogP contribution in [0.1, 0.15) is 27.7 Å². The second-order valence-corrected chi connectivity index (χ2v) is 7.97. The fourth-order valence-electron chi connectivity index (χ4n) is 1.36. The lowest BCUT2D eigenvalue weighted by molar-refractivity contribution is 0.263. The van der Waals surface area contributed by atoms with Gasteiger partial charge in [-0.15, -0.1) is 0 Å². The number of sulfonamides is 1. The van der Waals surface area contributed by atoms with Crippen LogP contribution in [0.4, 0.5) is 5.69 Å². The van der Waals surface area contributed by atoms with Crippen LogP contribution >= 0.6 is 11.6 Å². The van der Waals surface area contributed by atoms with Gasteiger partial charge in [0.05, 0.1) is 5.69 Å². The number of nitrogens with one attached hydrogen (secondary N) is 1. The molecule has 0 saturated heterocycles. The molecule has 0 aliphatic rings. The molecular weight excluding hydrogens is 284 g/mol. The van der Waals surface area contributed by atoms with Crippen molar-refractivity contribution >= 4 is 27.3 Å². The smallest absolute Gasteiger partial charge is 0.242 e. The zero-order valence-electron chi connectivity index (χ0n) is 11.7. The Morgan fingerprint density at radius 3 is 2.47 bits per heavy atom. The van der Waals surface area contributed by atoms with Crippen molar-refractivity contribution in [1.29, 1.82) is 0 Å². The number of hydrogen-bond donors (Lipinski definition) is 2. The van der Waals surface area contributed by atoms with Gasteiger partial charge in [0.15, 0.2) is 0 Å². The first-order valence-electron chi connectivity index (χ1n) is 6.09. The lowest BCUT2D eigenvalue weighted by Crippen LogP contribution is -2.34. The quantitative estimate of drug-likeness (QED) is 0.840. The van der Waals surface area contributed by atoms with Gasteiger partial charge in [-0.25, -0.2) is 13.1 Å². The Bertz CT molecular complexity index is 550. The van der Waals surface area contributed by atoms with Crippen LogP contribution in [0.5, 0.6) is 0 Å². The summed E-state index contributed by atoms with van der Waals surface area (Å²) in [5, 5.41) is 0.346. The van der Waals surface area contributed by atoms with E-state index in [2.05, 4.69) is 25.5 Å². The van der Waals surface area contributed by atoms with Gasteiger partial charge in [0, 0.05) is 11.6 Å². The van der Waals surface area contributed by atoms with Crippen molar-refractivity contribution < 1.29 is 8.42 Å². The number of rotatable bonds is 4. The lowest BCUT2D eigenvalue weighted by Gasteiger charge is -2.27. The Morgan fingerprint density at radius 1 is 1.37 bits per heavy atom. The van der Waals surface area contributed by atoms with E-state index in [1.165, 1.54) is 12.1 Å². The van der Waals surface area contributed by atoms with Gasteiger partial charge >= 0.3 is 0 Å². The first-order chi connectivity index (χ1) is 8.54. The number of nitrogen functional groups attached to an aromatic ring is 1. The largest absolute Gasteiger partial charge is 0.398 e. The van der Waals surface area contributed by atoms with Gasteiger partial charge in [0.25, 0.3) is 0 Å². The minimum atomic E-state index is -3.63. The predicted molar refractivity (Wildman–Crippen MR) is 79.7 cm³/mol. The van der Waals surface area contributed by atoms with Gasteiger partial charge in [0.2, 0.25) is 10.0 Å². The van der Waals surface area contributed by atoms with E-state index in [0.29, 0.717) is 11.6 Å². The highest BCUT2D eigenvalue weighted by molar-refractivity contribution is 7.89. The van der Waals surface area contributed by atoms with Crippen molar-refractivity contribution in [3.8, 4) is 0 Å². The number of nitrogens with two attached hydrogens (primary N) is 1. The third kappa shape index (κ3) is 4.37. The second kappa shape index (κ2) is 5.69. The van der Waals surface area contributed by atoms with Crippen LogP contribution < -0.4 is 10.5 Å². The van der Waals surface area contributed by atoms with Crippen molar-refractivity contribution in [3.63, 3.8) is 0 Å². The van der Waals surface area contributed by atoms with Gasteiger partial charge < -0.3 is 5.73 Å². The van der Waals surface area contributed by atoms with E-state index in [4.69, 9.17) is 17.3 Å². The van der Waals surface area contributed by atoms with Crippen LogP contribution in [0, 0.1) is 11.3 Å². The molecule has 0 aliphatic heterocycles. The highest BCUT2D eigenvalue weighted by atomic mass is 35.5. The third-order valence-corrected chi connectivity index (χ3v) is 5.04. The van der Waals surface area contributed by atoms with Crippen molar-refractivity contribution in [2.75, 3.05) is 12.3 Å². The zero-order chi connectivity index (χ0) is 14.8. The molecule has 0 bridgehead atoms. The molecule has 0 aliphatic carbocycles. The summed E-state index contributed by atoms with van der Waals surface area (Å²) in [4.78, 5) is 0.0288. The minimum absolute atomic E-state index is 0.0288. The maximum atomic E-state index is 12.2. The predicted octanol–water partition coefficient (Wildman–Crippen LogP) is 2.88. The molecule has 0 saturated carbocycles. The maximum Gasteiger partial charge on any atom is 0.242 e. The van der Waals surface area contributed by atoms with Gasteiger partial charge in [-0.2, -0.15) is 0 Å². The van der Waals surface area contributed by atoms with Crippen molar-refractivity contribution in [3.05, 3.63) is 23.2 Å². The maximum absolute atomic E-state index is 12.2. The molecule has 0 amide bonds. The summed E-state index contributed by atoms with van der Waals surface area (Å²) >= 11 is 5.81. The Kier molecular flexibility index (Phi) is 4.87. The summed E-state index contributed by atoms with van der Waals surface area (Å²) in [5.74, 6) is 0.197. The number of benzene rings is 1. The highest BCUT2D eigenvalue weighted by Crippen LogP contribution is 2.26. The monoisotopic (exact) mass is 304 g/mol. The van der Waals surface area contributed by atoms with E-state index in [0.717, 1.165) is 0 Å². The van der Waals surface area contributed by atoms with E-state index >= 15 is 0 Å².